The van der Waals surface area contributed by atoms with Gasteiger partial charge in [0, 0.05) is 11.9 Å². The van der Waals surface area contributed by atoms with E-state index < -0.39 is 12.3 Å². The number of carbonyl (C=O) groups is 1. The number of nitrogens with one attached hydrogen (secondary N) is 2. The Hall–Kier alpha value is -4.34. The van der Waals surface area contributed by atoms with Crippen molar-refractivity contribution in [3.05, 3.63) is 78.2 Å². The Morgan fingerprint density at radius 1 is 1.03 bits per heavy atom. The number of benzene rings is 2. The van der Waals surface area contributed by atoms with E-state index in [1.54, 1.807) is 24.4 Å². The number of hydrogen-bond donors (Lipinski definition) is 2. The second kappa shape index (κ2) is 7.66. The Morgan fingerprint density at radius 2 is 1.79 bits per heavy atom. The zero-order chi connectivity index (χ0) is 23.2. The number of nitrogens with zero attached hydrogens (tertiary/aromatic N) is 3. The number of carbonyl (C=O) groups excluding carboxylic acids is 1. The van der Waals surface area contributed by atoms with Crippen LogP contribution < -0.4 is 10.1 Å². The average molecular weight is 451 g/mol. The number of halogens is 3. The molecule has 33 heavy (non-hydrogen) atoms. The Balaban J connectivity index is 1.36. The molecule has 0 spiro atoms. The number of aromatic amines is 1. The fourth-order valence-electron chi connectivity index (χ4n) is 3.53. The molecule has 2 N–H and O–H groups in total. The molecule has 0 fully saturated rings. The predicted molar refractivity (Wildman–Crippen MR) is 116 cm³/mol. The smallest absolute Gasteiger partial charge is 0.406 e. The lowest BCUT2D eigenvalue weighted by atomic mass is 10.1. The van der Waals surface area contributed by atoms with Crippen molar-refractivity contribution in [3.8, 4) is 16.9 Å². The van der Waals surface area contributed by atoms with Crippen LogP contribution in [0.3, 0.4) is 0 Å². The van der Waals surface area contributed by atoms with Crippen LogP contribution in [0.4, 0.5) is 19.1 Å². The van der Waals surface area contributed by atoms with Crippen LogP contribution in [0.1, 0.15) is 16.2 Å². The molecule has 5 aromatic rings. The molecule has 0 atom stereocenters. The summed E-state index contributed by atoms with van der Waals surface area (Å²) in [6, 6.07) is 16.5. The van der Waals surface area contributed by atoms with Gasteiger partial charge in [-0.15, -0.1) is 13.2 Å². The maximum atomic E-state index is 12.7. The van der Waals surface area contributed by atoms with E-state index in [0.29, 0.717) is 22.2 Å². The molecule has 0 aliphatic rings. The summed E-state index contributed by atoms with van der Waals surface area (Å²) >= 11 is 0. The second-order valence-electron chi connectivity index (χ2n) is 7.37. The van der Waals surface area contributed by atoms with Crippen molar-refractivity contribution in [1.82, 2.24) is 19.4 Å². The highest BCUT2D eigenvalue weighted by Crippen LogP contribution is 2.28. The van der Waals surface area contributed by atoms with Gasteiger partial charge in [0.05, 0.1) is 11.0 Å². The summed E-state index contributed by atoms with van der Waals surface area (Å²) in [5.41, 5.74) is 4.62. The summed E-state index contributed by atoms with van der Waals surface area (Å²) in [6.45, 7) is 1.92. The minimum absolute atomic E-state index is 0.256. The molecular weight excluding hydrogens is 435 g/mol. The van der Waals surface area contributed by atoms with E-state index >= 15 is 0 Å². The molecule has 3 heterocycles. The number of amides is 1. The van der Waals surface area contributed by atoms with Gasteiger partial charge in [-0.05, 0) is 54.4 Å². The molecule has 0 bridgehead atoms. The molecule has 166 valence electrons. The maximum absolute atomic E-state index is 12.7. The number of imidazole rings is 2. The fourth-order valence-corrected chi connectivity index (χ4v) is 3.53. The summed E-state index contributed by atoms with van der Waals surface area (Å²) in [7, 11) is 0. The first-order chi connectivity index (χ1) is 15.7. The highest BCUT2D eigenvalue weighted by molar-refractivity contribution is 6.03. The number of fused-ring (bicyclic) bond motifs is 2. The number of rotatable bonds is 4. The number of pyridine rings is 1. The standard InChI is InChI=1S/C23H16F3N5O2/c1-13-3-2-4-20-27-19(12-31(13)20)21(32)30-22-28-17-10-7-15(11-18(17)29-22)14-5-8-16(9-6-14)33-23(24,25)26/h2-12H,1H3,(H2,28,29,30,32). The average Bonchev–Trinajstić information content (AvgIpc) is 3.37. The summed E-state index contributed by atoms with van der Waals surface area (Å²) < 4.78 is 42.8. The van der Waals surface area contributed by atoms with Crippen LogP contribution in [0.25, 0.3) is 27.8 Å². The Bertz CT molecular complexity index is 1490. The molecule has 5 rings (SSSR count). The molecule has 0 saturated heterocycles. The third-order valence-corrected chi connectivity index (χ3v) is 5.06. The Morgan fingerprint density at radius 3 is 2.52 bits per heavy atom. The third kappa shape index (κ3) is 4.22. The number of aromatic nitrogens is 4. The quantitative estimate of drug-likeness (QED) is 0.387. The molecule has 0 radical (unpaired) electrons. The number of ether oxygens (including phenoxy) is 1. The van der Waals surface area contributed by atoms with Gasteiger partial charge in [-0.3, -0.25) is 10.1 Å². The second-order valence-corrected chi connectivity index (χ2v) is 7.37. The zero-order valence-corrected chi connectivity index (χ0v) is 17.1. The third-order valence-electron chi connectivity index (χ3n) is 5.06. The topological polar surface area (TPSA) is 84.3 Å². The first-order valence-corrected chi connectivity index (χ1v) is 9.87. The van der Waals surface area contributed by atoms with Crippen LogP contribution in [-0.2, 0) is 0 Å². The van der Waals surface area contributed by atoms with E-state index in [-0.39, 0.29) is 17.4 Å². The van der Waals surface area contributed by atoms with E-state index in [2.05, 4.69) is 25.0 Å². The molecule has 3 aromatic heterocycles. The monoisotopic (exact) mass is 451 g/mol. The molecule has 2 aromatic carbocycles. The van der Waals surface area contributed by atoms with Crippen molar-refractivity contribution < 1.29 is 22.7 Å². The van der Waals surface area contributed by atoms with E-state index in [4.69, 9.17) is 0 Å². The largest absolute Gasteiger partial charge is 0.573 e. The van der Waals surface area contributed by atoms with E-state index in [0.717, 1.165) is 11.3 Å². The van der Waals surface area contributed by atoms with Crippen LogP contribution >= 0.6 is 0 Å². The summed E-state index contributed by atoms with van der Waals surface area (Å²) in [4.78, 5) is 24.4. The highest BCUT2D eigenvalue weighted by Gasteiger charge is 2.31. The first-order valence-electron chi connectivity index (χ1n) is 9.87. The van der Waals surface area contributed by atoms with Gasteiger partial charge in [0.1, 0.15) is 17.1 Å². The SMILES string of the molecule is Cc1cccc2nc(C(=O)Nc3nc4ccc(-c5ccc(OC(F)(F)F)cc5)cc4[nH]3)cn12. The number of anilines is 1. The number of hydrogen-bond acceptors (Lipinski definition) is 4. The van der Waals surface area contributed by atoms with Crippen molar-refractivity contribution >= 4 is 28.5 Å². The summed E-state index contributed by atoms with van der Waals surface area (Å²) in [6.07, 6.45) is -3.08. The molecule has 10 heteroatoms. The molecule has 1 amide bonds. The first kappa shape index (κ1) is 20.6. The Kier molecular flexibility index (Phi) is 4.77. The maximum Gasteiger partial charge on any atom is 0.573 e. The summed E-state index contributed by atoms with van der Waals surface area (Å²) in [5, 5.41) is 2.71. The minimum atomic E-state index is -4.74. The van der Waals surface area contributed by atoms with Gasteiger partial charge in [-0.1, -0.05) is 24.3 Å². The highest BCUT2D eigenvalue weighted by atomic mass is 19.4. The van der Waals surface area contributed by atoms with Crippen LogP contribution in [0.5, 0.6) is 5.75 Å². The van der Waals surface area contributed by atoms with Crippen molar-refractivity contribution in [2.75, 3.05) is 5.32 Å². The van der Waals surface area contributed by atoms with E-state index in [1.807, 2.05) is 29.5 Å². The van der Waals surface area contributed by atoms with Gasteiger partial charge in [0.25, 0.3) is 5.91 Å². The molecular formula is C23H16F3N5O2. The normalized spacial score (nSPS) is 11.8. The number of aryl methyl sites for hydroxylation is 1. The van der Waals surface area contributed by atoms with Gasteiger partial charge < -0.3 is 14.1 Å². The lowest BCUT2D eigenvalue weighted by Crippen LogP contribution is -2.16. The Labute approximate surface area is 184 Å². The fraction of sp³-hybridized carbons (Fsp3) is 0.0870. The van der Waals surface area contributed by atoms with Crippen molar-refractivity contribution in [2.24, 2.45) is 0 Å². The van der Waals surface area contributed by atoms with Crippen LogP contribution in [0.2, 0.25) is 0 Å². The predicted octanol–water partition coefficient (Wildman–Crippen LogP) is 5.34. The number of alkyl halides is 3. The van der Waals surface area contributed by atoms with Gasteiger partial charge in [-0.25, -0.2) is 9.97 Å². The molecule has 0 aliphatic carbocycles. The van der Waals surface area contributed by atoms with Gasteiger partial charge in [0.2, 0.25) is 5.95 Å². The van der Waals surface area contributed by atoms with Crippen LogP contribution in [0, 0.1) is 6.92 Å². The van der Waals surface area contributed by atoms with Crippen LogP contribution in [0.15, 0.2) is 66.9 Å². The zero-order valence-electron chi connectivity index (χ0n) is 17.1. The van der Waals surface area contributed by atoms with Crippen molar-refractivity contribution in [3.63, 3.8) is 0 Å². The van der Waals surface area contributed by atoms with E-state index in [9.17, 15) is 18.0 Å². The van der Waals surface area contributed by atoms with Crippen molar-refractivity contribution in [2.45, 2.75) is 13.3 Å². The molecule has 0 unspecified atom stereocenters. The van der Waals surface area contributed by atoms with Crippen LogP contribution in [-0.4, -0.2) is 31.6 Å². The van der Waals surface area contributed by atoms with Gasteiger partial charge in [-0.2, -0.15) is 0 Å². The summed E-state index contributed by atoms with van der Waals surface area (Å²) in [5.74, 6) is -0.437. The molecule has 0 saturated carbocycles. The lowest BCUT2D eigenvalue weighted by molar-refractivity contribution is -0.274. The molecule has 7 nitrogen and oxygen atoms in total. The molecule has 0 aliphatic heterocycles. The van der Waals surface area contributed by atoms with Gasteiger partial charge >= 0.3 is 6.36 Å². The van der Waals surface area contributed by atoms with Gasteiger partial charge in [0.15, 0.2) is 0 Å². The lowest BCUT2D eigenvalue weighted by Gasteiger charge is -2.09. The van der Waals surface area contributed by atoms with Crippen molar-refractivity contribution in [1.29, 1.82) is 0 Å². The van der Waals surface area contributed by atoms with E-state index in [1.165, 1.54) is 24.3 Å². The number of H-pyrrole nitrogens is 1. The minimum Gasteiger partial charge on any atom is -0.406 e.